The summed E-state index contributed by atoms with van der Waals surface area (Å²) in [6.45, 7) is 3.67. The molecule has 70 valence electrons. The highest BCUT2D eigenvalue weighted by atomic mass is 79.9. The van der Waals surface area contributed by atoms with E-state index in [0.29, 0.717) is 0 Å². The van der Waals surface area contributed by atoms with Gasteiger partial charge in [-0.25, -0.2) is 0 Å². The lowest BCUT2D eigenvalue weighted by atomic mass is 10.1. The van der Waals surface area contributed by atoms with E-state index in [1.54, 1.807) is 0 Å². The number of hydrogen-bond acceptors (Lipinski definition) is 1. The van der Waals surface area contributed by atoms with Crippen LogP contribution in [0.4, 0.5) is 0 Å². The highest BCUT2D eigenvalue weighted by Gasteiger charge is 2.07. The molecule has 0 heterocycles. The third-order valence-corrected chi connectivity index (χ3v) is 2.96. The first kappa shape index (κ1) is 11.0. The molecule has 1 atom stereocenters. The quantitative estimate of drug-likeness (QED) is 0.845. The second kappa shape index (κ2) is 4.94. The van der Waals surface area contributed by atoms with Crippen molar-refractivity contribution in [3.8, 4) is 0 Å². The lowest BCUT2D eigenvalue weighted by Gasteiger charge is -2.11. The van der Waals surface area contributed by atoms with E-state index in [-0.39, 0.29) is 6.04 Å². The Morgan fingerprint density at radius 3 is 2.69 bits per heavy atom. The van der Waals surface area contributed by atoms with Crippen LogP contribution >= 0.6 is 31.9 Å². The van der Waals surface area contributed by atoms with Crippen LogP contribution in [-0.4, -0.2) is 0 Å². The Morgan fingerprint density at radius 2 is 2.15 bits per heavy atom. The topological polar surface area (TPSA) is 26.0 Å². The van der Waals surface area contributed by atoms with E-state index >= 15 is 0 Å². The van der Waals surface area contributed by atoms with Gasteiger partial charge in [0.15, 0.2) is 0 Å². The van der Waals surface area contributed by atoms with Gasteiger partial charge in [0.2, 0.25) is 0 Å². The zero-order valence-electron chi connectivity index (χ0n) is 7.13. The fourth-order valence-corrected chi connectivity index (χ4v) is 2.45. The number of benzene rings is 1. The molecule has 0 amide bonds. The standard InChI is InChI=1S/C10H11Br2N/c1-2-3-10(13)8-5-4-7(11)6-9(8)12/h2,4-6,10H,1,3,13H2. The van der Waals surface area contributed by atoms with E-state index in [2.05, 4.69) is 38.4 Å². The molecule has 0 spiro atoms. The van der Waals surface area contributed by atoms with Crippen molar-refractivity contribution in [2.75, 3.05) is 0 Å². The van der Waals surface area contributed by atoms with Gasteiger partial charge in [-0.15, -0.1) is 6.58 Å². The van der Waals surface area contributed by atoms with Gasteiger partial charge >= 0.3 is 0 Å². The highest BCUT2D eigenvalue weighted by molar-refractivity contribution is 9.11. The molecule has 0 saturated carbocycles. The van der Waals surface area contributed by atoms with Gasteiger partial charge in [0.1, 0.15) is 0 Å². The SMILES string of the molecule is C=CCC(N)c1ccc(Br)cc1Br. The Balaban J connectivity index is 2.94. The van der Waals surface area contributed by atoms with E-state index in [9.17, 15) is 0 Å². The summed E-state index contributed by atoms with van der Waals surface area (Å²) in [4.78, 5) is 0. The van der Waals surface area contributed by atoms with E-state index < -0.39 is 0 Å². The molecule has 3 heteroatoms. The predicted molar refractivity (Wildman–Crippen MR) is 63.6 cm³/mol. The number of halogens is 2. The van der Waals surface area contributed by atoms with Crippen LogP contribution in [0.2, 0.25) is 0 Å². The first-order valence-corrected chi connectivity index (χ1v) is 5.55. The van der Waals surface area contributed by atoms with E-state index in [1.165, 1.54) is 0 Å². The first-order chi connectivity index (χ1) is 6.15. The Bertz CT molecular complexity index is 310. The second-order valence-corrected chi connectivity index (χ2v) is 4.57. The van der Waals surface area contributed by atoms with Gasteiger partial charge < -0.3 is 5.73 Å². The molecule has 0 aliphatic carbocycles. The lowest BCUT2D eigenvalue weighted by Crippen LogP contribution is -2.09. The molecule has 1 nitrogen and oxygen atoms in total. The van der Waals surface area contributed by atoms with Crippen molar-refractivity contribution < 1.29 is 0 Å². The molecular weight excluding hydrogens is 294 g/mol. The molecule has 1 aromatic carbocycles. The largest absolute Gasteiger partial charge is 0.324 e. The fourth-order valence-electron chi connectivity index (χ4n) is 1.11. The smallest absolute Gasteiger partial charge is 0.0340 e. The van der Waals surface area contributed by atoms with Gasteiger partial charge in [0, 0.05) is 15.0 Å². The van der Waals surface area contributed by atoms with Crippen LogP contribution in [0.5, 0.6) is 0 Å². The monoisotopic (exact) mass is 303 g/mol. The summed E-state index contributed by atoms with van der Waals surface area (Å²) in [5.41, 5.74) is 7.05. The maximum absolute atomic E-state index is 5.94. The van der Waals surface area contributed by atoms with Gasteiger partial charge in [-0.05, 0) is 24.1 Å². The van der Waals surface area contributed by atoms with Crippen molar-refractivity contribution in [3.63, 3.8) is 0 Å². The van der Waals surface area contributed by atoms with Crippen LogP contribution in [0.15, 0.2) is 39.8 Å². The van der Waals surface area contributed by atoms with Gasteiger partial charge in [0.25, 0.3) is 0 Å². The summed E-state index contributed by atoms with van der Waals surface area (Å²) >= 11 is 6.87. The predicted octanol–water partition coefficient (Wildman–Crippen LogP) is 3.79. The van der Waals surface area contributed by atoms with Crippen LogP contribution in [0.25, 0.3) is 0 Å². The van der Waals surface area contributed by atoms with Crippen molar-refractivity contribution >= 4 is 31.9 Å². The number of hydrogen-bond donors (Lipinski definition) is 1. The van der Waals surface area contributed by atoms with Crippen LogP contribution in [0.3, 0.4) is 0 Å². The van der Waals surface area contributed by atoms with Crippen molar-refractivity contribution in [3.05, 3.63) is 45.4 Å². The van der Waals surface area contributed by atoms with Crippen molar-refractivity contribution in [2.24, 2.45) is 5.73 Å². The molecule has 0 aromatic heterocycles. The normalized spacial score (nSPS) is 12.5. The Labute approximate surface area is 95.3 Å². The van der Waals surface area contributed by atoms with E-state index in [1.807, 2.05) is 24.3 Å². The minimum absolute atomic E-state index is 0.0278. The molecule has 13 heavy (non-hydrogen) atoms. The van der Waals surface area contributed by atoms with E-state index in [0.717, 1.165) is 20.9 Å². The average Bonchev–Trinajstić information content (AvgIpc) is 2.04. The fraction of sp³-hybridized carbons (Fsp3) is 0.200. The summed E-state index contributed by atoms with van der Waals surface area (Å²) in [6.07, 6.45) is 2.62. The number of nitrogens with two attached hydrogens (primary N) is 1. The molecule has 0 aliphatic rings. The molecular formula is C10H11Br2N. The van der Waals surface area contributed by atoms with E-state index in [4.69, 9.17) is 5.73 Å². The minimum atomic E-state index is 0.0278. The van der Waals surface area contributed by atoms with Gasteiger partial charge in [-0.2, -0.15) is 0 Å². The third kappa shape index (κ3) is 2.93. The van der Waals surface area contributed by atoms with Crippen LogP contribution in [-0.2, 0) is 0 Å². The highest BCUT2D eigenvalue weighted by Crippen LogP contribution is 2.27. The second-order valence-electron chi connectivity index (χ2n) is 2.80. The lowest BCUT2D eigenvalue weighted by molar-refractivity contribution is 0.738. The maximum atomic E-state index is 5.94. The minimum Gasteiger partial charge on any atom is -0.324 e. The molecule has 1 rings (SSSR count). The molecule has 0 aliphatic heterocycles. The summed E-state index contributed by atoms with van der Waals surface area (Å²) in [5.74, 6) is 0. The Hall–Kier alpha value is -0.120. The maximum Gasteiger partial charge on any atom is 0.0340 e. The molecule has 1 unspecified atom stereocenters. The summed E-state index contributed by atoms with van der Waals surface area (Å²) in [7, 11) is 0. The molecule has 0 radical (unpaired) electrons. The number of rotatable bonds is 3. The zero-order valence-corrected chi connectivity index (χ0v) is 10.3. The van der Waals surface area contributed by atoms with Gasteiger partial charge in [-0.3, -0.25) is 0 Å². The van der Waals surface area contributed by atoms with Crippen molar-refractivity contribution in [1.82, 2.24) is 0 Å². The summed E-state index contributed by atoms with van der Waals surface area (Å²) in [5, 5.41) is 0. The molecule has 1 aromatic rings. The summed E-state index contributed by atoms with van der Waals surface area (Å²) in [6, 6.07) is 6.03. The average molecular weight is 305 g/mol. The van der Waals surface area contributed by atoms with Gasteiger partial charge in [0.05, 0.1) is 0 Å². The van der Waals surface area contributed by atoms with Gasteiger partial charge in [-0.1, -0.05) is 44.0 Å². The van der Waals surface area contributed by atoms with Crippen molar-refractivity contribution in [2.45, 2.75) is 12.5 Å². The molecule has 0 saturated heterocycles. The summed E-state index contributed by atoms with van der Waals surface area (Å²) < 4.78 is 2.09. The molecule has 0 bridgehead atoms. The zero-order chi connectivity index (χ0) is 9.84. The van der Waals surface area contributed by atoms with Crippen LogP contribution < -0.4 is 5.73 Å². The Kier molecular flexibility index (Phi) is 4.16. The third-order valence-electron chi connectivity index (χ3n) is 1.78. The molecule has 0 fully saturated rings. The van der Waals surface area contributed by atoms with Crippen molar-refractivity contribution in [1.29, 1.82) is 0 Å². The Morgan fingerprint density at radius 1 is 1.46 bits per heavy atom. The molecule has 2 N–H and O–H groups in total. The first-order valence-electron chi connectivity index (χ1n) is 3.96. The van der Waals surface area contributed by atoms with Crippen LogP contribution in [0.1, 0.15) is 18.0 Å². The van der Waals surface area contributed by atoms with Crippen LogP contribution in [0, 0.1) is 0 Å².